The van der Waals surface area contributed by atoms with Crippen LogP contribution in [0.4, 0.5) is 0 Å². The maximum Gasteiger partial charge on any atom is 0.120 e. The Labute approximate surface area is 138 Å². The van der Waals surface area contributed by atoms with Crippen LogP contribution in [0.3, 0.4) is 0 Å². The van der Waals surface area contributed by atoms with Crippen molar-refractivity contribution in [3.63, 3.8) is 0 Å². The Balaban J connectivity index is 1.50. The van der Waals surface area contributed by atoms with E-state index in [1.165, 1.54) is 11.1 Å². The van der Waals surface area contributed by atoms with Crippen LogP contribution in [-0.4, -0.2) is 38.2 Å². The van der Waals surface area contributed by atoms with E-state index in [0.29, 0.717) is 6.61 Å². The van der Waals surface area contributed by atoms with Crippen LogP contribution in [0.2, 0.25) is 0 Å². The van der Waals surface area contributed by atoms with Crippen LogP contribution < -0.4 is 14.8 Å². The number of ether oxygens (including phenoxy) is 2. The minimum atomic E-state index is 0.584. The molecule has 1 saturated heterocycles. The van der Waals surface area contributed by atoms with Crippen LogP contribution in [0.15, 0.2) is 48.5 Å². The van der Waals surface area contributed by atoms with Crippen LogP contribution >= 0.6 is 0 Å². The van der Waals surface area contributed by atoms with Gasteiger partial charge in [-0.3, -0.25) is 4.90 Å². The first-order valence-electron chi connectivity index (χ1n) is 8.11. The minimum absolute atomic E-state index is 0.584. The standard InChI is InChI=1S/C19H24N2O2/c1-22-18-6-8-19(9-7-18)23-15-17-4-2-16(3-5-17)14-21-12-10-20-11-13-21/h2-9,20H,10-15H2,1H3. The molecule has 4 nitrogen and oxygen atoms in total. The summed E-state index contributed by atoms with van der Waals surface area (Å²) in [6, 6.07) is 16.4. The molecule has 2 aromatic rings. The average Bonchev–Trinajstić information content (AvgIpc) is 2.62. The molecule has 1 heterocycles. The molecule has 0 unspecified atom stereocenters. The zero-order valence-electron chi connectivity index (χ0n) is 13.6. The number of rotatable bonds is 6. The monoisotopic (exact) mass is 312 g/mol. The van der Waals surface area contributed by atoms with Crippen molar-refractivity contribution in [2.75, 3.05) is 33.3 Å². The van der Waals surface area contributed by atoms with E-state index in [4.69, 9.17) is 9.47 Å². The van der Waals surface area contributed by atoms with E-state index < -0.39 is 0 Å². The lowest BCUT2D eigenvalue weighted by atomic mass is 10.1. The molecule has 23 heavy (non-hydrogen) atoms. The summed E-state index contributed by atoms with van der Waals surface area (Å²) in [5.41, 5.74) is 2.55. The molecule has 3 rings (SSSR count). The van der Waals surface area contributed by atoms with Gasteiger partial charge in [0.1, 0.15) is 18.1 Å². The topological polar surface area (TPSA) is 33.7 Å². The van der Waals surface area contributed by atoms with Crippen molar-refractivity contribution in [1.82, 2.24) is 10.2 Å². The van der Waals surface area contributed by atoms with Gasteiger partial charge in [0.15, 0.2) is 0 Å². The highest BCUT2D eigenvalue weighted by Crippen LogP contribution is 2.18. The fourth-order valence-corrected chi connectivity index (χ4v) is 2.71. The molecular weight excluding hydrogens is 288 g/mol. The third-order valence-electron chi connectivity index (χ3n) is 4.10. The molecule has 0 bridgehead atoms. The first-order chi connectivity index (χ1) is 11.3. The van der Waals surface area contributed by atoms with Gasteiger partial charge in [-0.25, -0.2) is 0 Å². The summed E-state index contributed by atoms with van der Waals surface area (Å²) in [4.78, 5) is 2.49. The second-order valence-corrected chi connectivity index (χ2v) is 5.81. The summed E-state index contributed by atoms with van der Waals surface area (Å²) in [5.74, 6) is 1.70. The first kappa shape index (κ1) is 15.8. The number of methoxy groups -OCH3 is 1. The van der Waals surface area contributed by atoms with Crippen molar-refractivity contribution in [2.45, 2.75) is 13.2 Å². The summed E-state index contributed by atoms with van der Waals surface area (Å²) in [7, 11) is 1.66. The van der Waals surface area contributed by atoms with E-state index in [1.807, 2.05) is 24.3 Å². The van der Waals surface area contributed by atoms with Gasteiger partial charge in [-0.1, -0.05) is 24.3 Å². The highest BCUT2D eigenvalue weighted by atomic mass is 16.5. The van der Waals surface area contributed by atoms with Gasteiger partial charge >= 0.3 is 0 Å². The maximum atomic E-state index is 5.81. The van der Waals surface area contributed by atoms with Crippen LogP contribution in [-0.2, 0) is 13.2 Å². The summed E-state index contributed by atoms with van der Waals surface area (Å²) >= 11 is 0. The van der Waals surface area contributed by atoms with Crippen LogP contribution in [0.5, 0.6) is 11.5 Å². The summed E-state index contributed by atoms with van der Waals surface area (Å²) < 4.78 is 11.0. The molecule has 0 atom stereocenters. The Hall–Kier alpha value is -2.04. The van der Waals surface area contributed by atoms with Crippen molar-refractivity contribution in [3.8, 4) is 11.5 Å². The molecule has 1 fully saturated rings. The van der Waals surface area contributed by atoms with Gasteiger partial charge in [-0.2, -0.15) is 0 Å². The smallest absolute Gasteiger partial charge is 0.120 e. The fourth-order valence-electron chi connectivity index (χ4n) is 2.71. The lowest BCUT2D eigenvalue weighted by Crippen LogP contribution is -2.42. The molecule has 1 N–H and O–H groups in total. The number of hydrogen-bond donors (Lipinski definition) is 1. The van der Waals surface area contributed by atoms with Crippen LogP contribution in [0, 0.1) is 0 Å². The molecular formula is C19H24N2O2. The SMILES string of the molecule is COc1ccc(OCc2ccc(CN3CCNCC3)cc2)cc1. The first-order valence-corrected chi connectivity index (χ1v) is 8.11. The second kappa shape index (κ2) is 7.99. The Morgan fingerprint density at radius 2 is 1.48 bits per heavy atom. The number of nitrogens with zero attached hydrogens (tertiary/aromatic N) is 1. The molecule has 0 aromatic heterocycles. The summed E-state index contributed by atoms with van der Waals surface area (Å²) in [6.07, 6.45) is 0. The normalized spacial score (nSPS) is 15.3. The van der Waals surface area contributed by atoms with Gasteiger partial charge in [0.2, 0.25) is 0 Å². The molecule has 1 aliphatic heterocycles. The third-order valence-corrected chi connectivity index (χ3v) is 4.10. The Bertz CT molecular complexity index is 590. The van der Waals surface area contributed by atoms with Gasteiger partial charge in [-0.15, -0.1) is 0 Å². The minimum Gasteiger partial charge on any atom is -0.497 e. The molecule has 0 radical (unpaired) electrons. The second-order valence-electron chi connectivity index (χ2n) is 5.81. The van der Waals surface area contributed by atoms with Crippen molar-refractivity contribution in [2.24, 2.45) is 0 Å². The lowest BCUT2D eigenvalue weighted by Gasteiger charge is -2.27. The van der Waals surface area contributed by atoms with Crippen molar-refractivity contribution < 1.29 is 9.47 Å². The Morgan fingerprint density at radius 1 is 0.870 bits per heavy atom. The zero-order valence-corrected chi connectivity index (χ0v) is 13.6. The highest BCUT2D eigenvalue weighted by Gasteiger charge is 2.09. The highest BCUT2D eigenvalue weighted by molar-refractivity contribution is 5.31. The molecule has 122 valence electrons. The molecule has 4 heteroatoms. The predicted octanol–water partition coefficient (Wildman–Crippen LogP) is 2.68. The van der Waals surface area contributed by atoms with Gasteiger partial charge in [0.05, 0.1) is 7.11 Å². The molecule has 0 saturated carbocycles. The van der Waals surface area contributed by atoms with Crippen LogP contribution in [0.1, 0.15) is 11.1 Å². The molecule has 0 spiro atoms. The Morgan fingerprint density at radius 3 is 2.13 bits per heavy atom. The van der Waals surface area contributed by atoms with E-state index in [-0.39, 0.29) is 0 Å². The Kier molecular flexibility index (Phi) is 5.51. The van der Waals surface area contributed by atoms with Crippen LogP contribution in [0.25, 0.3) is 0 Å². The molecule has 1 aliphatic rings. The van der Waals surface area contributed by atoms with Gasteiger partial charge in [0.25, 0.3) is 0 Å². The molecule has 0 amide bonds. The maximum absolute atomic E-state index is 5.81. The largest absolute Gasteiger partial charge is 0.497 e. The number of hydrogen-bond acceptors (Lipinski definition) is 4. The van der Waals surface area contributed by atoms with E-state index in [1.54, 1.807) is 7.11 Å². The van der Waals surface area contributed by atoms with Gasteiger partial charge in [0, 0.05) is 32.7 Å². The number of nitrogens with one attached hydrogen (secondary N) is 1. The predicted molar refractivity (Wildman–Crippen MR) is 91.9 cm³/mol. The van der Waals surface area contributed by atoms with Gasteiger partial charge in [-0.05, 0) is 35.4 Å². The fraction of sp³-hybridized carbons (Fsp3) is 0.368. The van der Waals surface area contributed by atoms with E-state index >= 15 is 0 Å². The lowest BCUT2D eigenvalue weighted by molar-refractivity contribution is 0.233. The molecule has 0 aliphatic carbocycles. The van der Waals surface area contributed by atoms with Crippen molar-refractivity contribution >= 4 is 0 Å². The average molecular weight is 312 g/mol. The summed E-state index contributed by atoms with van der Waals surface area (Å²) in [6.45, 7) is 6.05. The quantitative estimate of drug-likeness (QED) is 0.889. The van der Waals surface area contributed by atoms with E-state index in [2.05, 4.69) is 34.5 Å². The van der Waals surface area contributed by atoms with Crippen molar-refractivity contribution in [3.05, 3.63) is 59.7 Å². The van der Waals surface area contributed by atoms with E-state index in [0.717, 1.165) is 44.2 Å². The third kappa shape index (κ3) is 4.71. The molecule has 2 aromatic carbocycles. The zero-order chi connectivity index (χ0) is 15.9. The summed E-state index contributed by atoms with van der Waals surface area (Å²) in [5, 5.41) is 3.38. The van der Waals surface area contributed by atoms with Gasteiger partial charge < -0.3 is 14.8 Å². The van der Waals surface area contributed by atoms with Crippen molar-refractivity contribution in [1.29, 1.82) is 0 Å². The van der Waals surface area contributed by atoms with E-state index in [9.17, 15) is 0 Å². The number of benzene rings is 2. The number of piperazine rings is 1.